The maximum Gasteiger partial charge on any atom is 0.271 e. The summed E-state index contributed by atoms with van der Waals surface area (Å²) < 4.78 is 0. The van der Waals surface area contributed by atoms with Crippen LogP contribution in [0.2, 0.25) is 5.02 Å². The zero-order valence-electron chi connectivity index (χ0n) is 9.98. The Bertz CT molecular complexity index is 412. The van der Waals surface area contributed by atoms with Crippen LogP contribution in [0.15, 0.2) is 12.1 Å². The fourth-order valence-electron chi connectivity index (χ4n) is 1.79. The Morgan fingerprint density at radius 1 is 1.59 bits per heavy atom. The molecule has 0 radical (unpaired) electrons. The molecule has 0 aliphatic rings. The monoisotopic (exact) mass is 258 g/mol. The van der Waals surface area contributed by atoms with Crippen LogP contribution in [0.4, 0.5) is 11.4 Å². The summed E-state index contributed by atoms with van der Waals surface area (Å²) in [5.74, 6) is 0. The number of aliphatic hydroxyl groups excluding tert-OH is 1. The number of aliphatic hydroxyl groups is 1. The molecule has 1 aromatic rings. The van der Waals surface area contributed by atoms with Gasteiger partial charge in [-0.25, -0.2) is 0 Å². The second kappa shape index (κ2) is 5.33. The molecule has 0 fully saturated rings. The molecular weight excluding hydrogens is 244 g/mol. The van der Waals surface area contributed by atoms with E-state index < -0.39 is 11.0 Å². The average molecular weight is 259 g/mol. The van der Waals surface area contributed by atoms with Crippen LogP contribution in [-0.2, 0) is 0 Å². The van der Waals surface area contributed by atoms with Gasteiger partial charge in [-0.05, 0) is 19.4 Å². The van der Waals surface area contributed by atoms with Gasteiger partial charge in [0.2, 0.25) is 0 Å². The Morgan fingerprint density at radius 2 is 2.18 bits per heavy atom. The highest BCUT2D eigenvalue weighted by Gasteiger charge is 2.16. The van der Waals surface area contributed by atoms with Crippen molar-refractivity contribution in [3.63, 3.8) is 0 Å². The quantitative estimate of drug-likeness (QED) is 0.665. The molecular formula is C11H15ClN2O3. The van der Waals surface area contributed by atoms with Gasteiger partial charge in [-0.1, -0.05) is 11.6 Å². The van der Waals surface area contributed by atoms with Crippen molar-refractivity contribution in [3.8, 4) is 0 Å². The molecule has 1 N–H and O–H groups in total. The molecule has 0 amide bonds. The number of nitro benzene ring substituents is 1. The summed E-state index contributed by atoms with van der Waals surface area (Å²) in [6, 6.07) is 2.79. The van der Waals surface area contributed by atoms with Crippen molar-refractivity contribution >= 4 is 23.0 Å². The topological polar surface area (TPSA) is 66.6 Å². The predicted octanol–water partition coefficient (Wildman–Crippen LogP) is 2.37. The molecule has 0 spiro atoms. The van der Waals surface area contributed by atoms with Crippen molar-refractivity contribution in [1.82, 2.24) is 0 Å². The van der Waals surface area contributed by atoms with Gasteiger partial charge in [-0.3, -0.25) is 10.1 Å². The summed E-state index contributed by atoms with van der Waals surface area (Å²) in [6.07, 6.45) is -0.495. The van der Waals surface area contributed by atoms with E-state index in [2.05, 4.69) is 0 Å². The van der Waals surface area contributed by atoms with E-state index >= 15 is 0 Å². The third kappa shape index (κ3) is 3.31. The molecule has 6 heteroatoms. The zero-order valence-corrected chi connectivity index (χ0v) is 10.7. The smallest absolute Gasteiger partial charge is 0.271 e. The minimum absolute atomic E-state index is 0.0262. The lowest BCUT2D eigenvalue weighted by molar-refractivity contribution is -0.384. The molecule has 94 valence electrons. The molecule has 1 aromatic carbocycles. The van der Waals surface area contributed by atoms with Gasteiger partial charge < -0.3 is 10.0 Å². The maximum atomic E-state index is 10.7. The largest absolute Gasteiger partial charge is 0.392 e. The lowest BCUT2D eigenvalue weighted by Crippen LogP contribution is -2.27. The molecule has 5 nitrogen and oxygen atoms in total. The maximum absolute atomic E-state index is 10.7. The molecule has 0 aromatic heterocycles. The number of non-ortho nitro benzene ring substituents is 1. The Hall–Kier alpha value is -1.33. The minimum atomic E-state index is -0.495. The van der Waals surface area contributed by atoms with Gasteiger partial charge in [0.1, 0.15) is 0 Å². The zero-order chi connectivity index (χ0) is 13.2. The van der Waals surface area contributed by atoms with Gasteiger partial charge >= 0.3 is 0 Å². The number of hydrogen-bond donors (Lipinski definition) is 1. The number of nitrogens with zero attached hydrogens (tertiary/aromatic N) is 2. The third-order valence-electron chi connectivity index (χ3n) is 2.37. The Kier molecular flexibility index (Phi) is 4.31. The number of benzene rings is 1. The number of hydrogen-bond acceptors (Lipinski definition) is 4. The lowest BCUT2D eigenvalue weighted by Gasteiger charge is -2.23. The number of likely N-dealkylation sites (N-methyl/N-ethyl adjacent to an activating group) is 1. The molecule has 1 atom stereocenters. The van der Waals surface area contributed by atoms with Gasteiger partial charge in [0, 0.05) is 25.7 Å². The van der Waals surface area contributed by atoms with Gasteiger partial charge in [0.15, 0.2) is 0 Å². The van der Waals surface area contributed by atoms with Crippen LogP contribution in [0, 0.1) is 17.0 Å². The number of aryl methyl sites for hydroxylation is 1. The van der Waals surface area contributed by atoms with Crippen molar-refractivity contribution in [2.24, 2.45) is 0 Å². The van der Waals surface area contributed by atoms with Crippen molar-refractivity contribution in [2.45, 2.75) is 20.0 Å². The van der Waals surface area contributed by atoms with Gasteiger partial charge in [-0.15, -0.1) is 0 Å². The number of nitro groups is 1. The van der Waals surface area contributed by atoms with Crippen molar-refractivity contribution in [1.29, 1.82) is 0 Å². The minimum Gasteiger partial charge on any atom is -0.392 e. The van der Waals surface area contributed by atoms with E-state index in [0.717, 1.165) is 0 Å². The van der Waals surface area contributed by atoms with Crippen molar-refractivity contribution in [3.05, 3.63) is 32.8 Å². The highest BCUT2D eigenvalue weighted by atomic mass is 35.5. The first-order chi connectivity index (χ1) is 7.82. The fraction of sp³-hybridized carbons (Fsp3) is 0.455. The highest BCUT2D eigenvalue weighted by Crippen LogP contribution is 2.33. The second-order valence-electron chi connectivity index (χ2n) is 4.08. The van der Waals surface area contributed by atoms with E-state index in [1.54, 1.807) is 25.8 Å². The van der Waals surface area contributed by atoms with Gasteiger partial charge in [0.25, 0.3) is 5.69 Å². The van der Waals surface area contributed by atoms with Gasteiger partial charge in [-0.2, -0.15) is 0 Å². The van der Waals surface area contributed by atoms with Crippen molar-refractivity contribution in [2.75, 3.05) is 18.5 Å². The summed E-state index contributed by atoms with van der Waals surface area (Å²) in [5.41, 5.74) is 1.40. The third-order valence-corrected chi connectivity index (χ3v) is 2.66. The van der Waals surface area contributed by atoms with E-state index in [1.165, 1.54) is 12.1 Å². The van der Waals surface area contributed by atoms with E-state index in [-0.39, 0.29) is 5.69 Å². The standard InChI is InChI=1S/C11H15ClN2O3/c1-7-4-9(14(16)17)5-10(12)11(7)13(3)6-8(2)15/h4-5,8,15H,6H2,1-3H3. The SMILES string of the molecule is Cc1cc([N+](=O)[O-])cc(Cl)c1N(C)CC(C)O. The molecule has 17 heavy (non-hydrogen) atoms. The summed E-state index contributed by atoms with van der Waals surface area (Å²) in [4.78, 5) is 12.0. The van der Waals surface area contributed by atoms with Crippen LogP contribution < -0.4 is 4.90 Å². The number of rotatable bonds is 4. The normalized spacial score (nSPS) is 12.3. The predicted molar refractivity (Wildman–Crippen MR) is 67.8 cm³/mol. The average Bonchev–Trinajstić information content (AvgIpc) is 2.14. The molecule has 0 aliphatic carbocycles. The molecule has 1 rings (SSSR count). The molecule has 1 unspecified atom stereocenters. The highest BCUT2D eigenvalue weighted by molar-refractivity contribution is 6.33. The van der Waals surface area contributed by atoms with Crippen LogP contribution in [0.5, 0.6) is 0 Å². The summed E-state index contributed by atoms with van der Waals surface area (Å²) in [5, 5.41) is 20.3. The first-order valence-electron chi connectivity index (χ1n) is 5.16. The Morgan fingerprint density at radius 3 is 2.59 bits per heavy atom. The molecule has 0 heterocycles. The van der Waals surface area contributed by atoms with E-state index in [4.69, 9.17) is 11.6 Å². The van der Waals surface area contributed by atoms with Crippen LogP contribution in [-0.4, -0.2) is 29.7 Å². The van der Waals surface area contributed by atoms with E-state index in [0.29, 0.717) is 22.8 Å². The first-order valence-corrected chi connectivity index (χ1v) is 5.54. The number of halogens is 1. The molecule has 0 aliphatic heterocycles. The summed E-state index contributed by atoms with van der Waals surface area (Å²) in [6.45, 7) is 3.84. The molecule has 0 saturated carbocycles. The summed E-state index contributed by atoms with van der Waals surface area (Å²) in [7, 11) is 1.78. The van der Waals surface area contributed by atoms with Crippen LogP contribution in [0.1, 0.15) is 12.5 Å². The first kappa shape index (κ1) is 13.7. The lowest BCUT2D eigenvalue weighted by atomic mass is 10.1. The van der Waals surface area contributed by atoms with E-state index in [1.807, 2.05) is 0 Å². The van der Waals surface area contributed by atoms with Crippen molar-refractivity contribution < 1.29 is 10.0 Å². The summed E-state index contributed by atoms with van der Waals surface area (Å²) >= 11 is 6.03. The van der Waals surface area contributed by atoms with Crippen LogP contribution in [0.3, 0.4) is 0 Å². The molecule has 0 bridgehead atoms. The second-order valence-corrected chi connectivity index (χ2v) is 4.49. The van der Waals surface area contributed by atoms with Crippen LogP contribution >= 0.6 is 11.6 Å². The Balaban J connectivity index is 3.13. The number of anilines is 1. The fourth-order valence-corrected chi connectivity index (χ4v) is 2.20. The Labute approximate surface area is 105 Å². The van der Waals surface area contributed by atoms with Gasteiger partial charge in [0.05, 0.1) is 21.7 Å². The van der Waals surface area contributed by atoms with Crippen LogP contribution in [0.25, 0.3) is 0 Å². The van der Waals surface area contributed by atoms with E-state index in [9.17, 15) is 15.2 Å². The molecule has 0 saturated heterocycles.